The third kappa shape index (κ3) is 1.74. The van der Waals surface area contributed by atoms with Crippen LogP contribution in [0.25, 0.3) is 17.0 Å². The number of rotatable bonds is 3. The van der Waals surface area contributed by atoms with Crippen LogP contribution in [0.2, 0.25) is 0 Å². The van der Waals surface area contributed by atoms with Gasteiger partial charge in [0.1, 0.15) is 23.9 Å². The van der Waals surface area contributed by atoms with Crippen molar-refractivity contribution in [2.24, 2.45) is 0 Å². The first kappa shape index (κ1) is 12.6. The van der Waals surface area contributed by atoms with E-state index in [1.807, 2.05) is 6.92 Å². The first-order chi connectivity index (χ1) is 9.63. The van der Waals surface area contributed by atoms with Gasteiger partial charge in [-0.25, -0.2) is 14.5 Å². The summed E-state index contributed by atoms with van der Waals surface area (Å²) in [6.07, 6.45) is 4.23. The van der Waals surface area contributed by atoms with Gasteiger partial charge in [0, 0.05) is 11.5 Å². The zero-order chi connectivity index (χ0) is 14.3. The summed E-state index contributed by atoms with van der Waals surface area (Å²) < 4.78 is 1.72. The second kappa shape index (κ2) is 4.59. The number of nitrogens with two attached hydrogens (primary N) is 1. The maximum Gasteiger partial charge on any atom is 0.201 e. The standard InChI is InChI=1S/C13H17N7/c1-4-7(2)10-12-9(14)8(3)11(13-15-5-17-18-13)19-20(12)6-16-10/h5-7H,4,14H2,1-3H3,(H,15,17,18). The molecule has 7 nitrogen and oxygen atoms in total. The Balaban J connectivity index is 2.27. The van der Waals surface area contributed by atoms with E-state index in [2.05, 4.69) is 39.1 Å². The molecule has 0 radical (unpaired) electrons. The predicted molar refractivity (Wildman–Crippen MR) is 76.2 cm³/mol. The number of anilines is 1. The number of hydrogen-bond donors (Lipinski definition) is 2. The molecule has 3 N–H and O–H groups in total. The van der Waals surface area contributed by atoms with Crippen molar-refractivity contribution in [1.29, 1.82) is 0 Å². The van der Waals surface area contributed by atoms with Gasteiger partial charge in [0.25, 0.3) is 0 Å². The lowest BCUT2D eigenvalue weighted by Gasteiger charge is -2.10. The molecule has 0 aromatic carbocycles. The molecule has 0 saturated carbocycles. The second-order valence-electron chi connectivity index (χ2n) is 4.94. The summed E-state index contributed by atoms with van der Waals surface area (Å²) in [7, 11) is 0. The van der Waals surface area contributed by atoms with Crippen molar-refractivity contribution in [3.63, 3.8) is 0 Å². The van der Waals surface area contributed by atoms with E-state index in [0.29, 0.717) is 23.1 Å². The molecule has 0 spiro atoms. The number of aromatic nitrogens is 6. The number of imidazole rings is 1. The average Bonchev–Trinajstić information content (AvgIpc) is 3.10. The second-order valence-corrected chi connectivity index (χ2v) is 4.94. The maximum atomic E-state index is 6.30. The summed E-state index contributed by atoms with van der Waals surface area (Å²) >= 11 is 0. The molecule has 1 atom stereocenters. The molecule has 0 saturated heterocycles. The van der Waals surface area contributed by atoms with Crippen LogP contribution in [-0.4, -0.2) is 29.8 Å². The number of aromatic amines is 1. The number of nitrogens with one attached hydrogen (secondary N) is 1. The molecule has 0 fully saturated rings. The number of fused-ring (bicyclic) bond motifs is 1. The first-order valence-electron chi connectivity index (χ1n) is 6.62. The number of nitrogen functional groups attached to an aromatic ring is 1. The minimum Gasteiger partial charge on any atom is -0.397 e. The van der Waals surface area contributed by atoms with Crippen LogP contribution in [0.5, 0.6) is 0 Å². The summed E-state index contributed by atoms with van der Waals surface area (Å²) in [5, 5.41) is 11.3. The van der Waals surface area contributed by atoms with Crippen LogP contribution >= 0.6 is 0 Å². The molecular formula is C13H17N7. The molecule has 0 bridgehead atoms. The highest BCUT2D eigenvalue weighted by Gasteiger charge is 2.19. The van der Waals surface area contributed by atoms with Gasteiger partial charge in [-0.05, 0) is 13.3 Å². The Morgan fingerprint density at radius 2 is 2.20 bits per heavy atom. The van der Waals surface area contributed by atoms with E-state index in [-0.39, 0.29) is 0 Å². The van der Waals surface area contributed by atoms with Crippen LogP contribution in [0.3, 0.4) is 0 Å². The van der Waals surface area contributed by atoms with Crippen LogP contribution in [0.15, 0.2) is 12.7 Å². The van der Waals surface area contributed by atoms with Crippen molar-refractivity contribution >= 4 is 11.2 Å². The Hall–Kier alpha value is -2.44. The molecule has 3 heterocycles. The molecule has 0 amide bonds. The van der Waals surface area contributed by atoms with Gasteiger partial charge in [-0.2, -0.15) is 10.2 Å². The summed E-state index contributed by atoms with van der Waals surface area (Å²) in [5.41, 5.74) is 10.4. The lowest BCUT2D eigenvalue weighted by Crippen LogP contribution is -2.05. The zero-order valence-electron chi connectivity index (χ0n) is 11.8. The average molecular weight is 271 g/mol. The predicted octanol–water partition coefficient (Wildman–Crippen LogP) is 1.92. The Bertz CT molecular complexity index is 742. The third-order valence-electron chi connectivity index (χ3n) is 3.71. The van der Waals surface area contributed by atoms with E-state index in [1.165, 1.54) is 6.33 Å². The van der Waals surface area contributed by atoms with Gasteiger partial charge in [-0.15, -0.1) is 0 Å². The zero-order valence-corrected chi connectivity index (χ0v) is 11.8. The van der Waals surface area contributed by atoms with Crippen molar-refractivity contribution in [2.45, 2.75) is 33.1 Å². The van der Waals surface area contributed by atoms with E-state index in [9.17, 15) is 0 Å². The molecule has 3 aromatic rings. The molecule has 0 aliphatic heterocycles. The lowest BCUT2D eigenvalue weighted by molar-refractivity contribution is 0.719. The summed E-state index contributed by atoms with van der Waals surface area (Å²) in [6.45, 7) is 6.20. The normalized spacial score (nSPS) is 12.9. The molecule has 3 rings (SSSR count). The molecule has 0 aliphatic rings. The SMILES string of the molecule is CCC(C)c1ncn2nc(-c3nc[nH]n3)c(C)c(N)c12. The fraction of sp³-hybridized carbons (Fsp3) is 0.385. The maximum absolute atomic E-state index is 6.30. The van der Waals surface area contributed by atoms with E-state index in [0.717, 1.165) is 23.2 Å². The van der Waals surface area contributed by atoms with Gasteiger partial charge in [-0.1, -0.05) is 13.8 Å². The number of nitrogens with zero attached hydrogens (tertiary/aromatic N) is 5. The van der Waals surface area contributed by atoms with Gasteiger partial charge >= 0.3 is 0 Å². The Morgan fingerprint density at radius 3 is 2.85 bits per heavy atom. The van der Waals surface area contributed by atoms with Crippen molar-refractivity contribution in [3.05, 3.63) is 23.9 Å². The molecule has 0 aliphatic carbocycles. The van der Waals surface area contributed by atoms with Gasteiger partial charge in [0.2, 0.25) is 5.82 Å². The Labute approximate surface area is 116 Å². The Kier molecular flexibility index (Phi) is 2.89. The highest BCUT2D eigenvalue weighted by atomic mass is 15.3. The van der Waals surface area contributed by atoms with Gasteiger partial charge < -0.3 is 5.73 Å². The number of H-pyrrole nitrogens is 1. The minimum atomic E-state index is 0.345. The lowest BCUT2D eigenvalue weighted by atomic mass is 10.0. The third-order valence-corrected chi connectivity index (χ3v) is 3.71. The van der Waals surface area contributed by atoms with Crippen molar-refractivity contribution in [1.82, 2.24) is 29.8 Å². The van der Waals surface area contributed by atoms with Gasteiger partial charge in [-0.3, -0.25) is 5.10 Å². The fourth-order valence-corrected chi connectivity index (χ4v) is 2.27. The summed E-state index contributed by atoms with van der Waals surface area (Å²) in [5.74, 6) is 0.882. The topological polar surface area (TPSA) is 97.8 Å². The molecule has 104 valence electrons. The van der Waals surface area contributed by atoms with Crippen molar-refractivity contribution in [2.75, 3.05) is 5.73 Å². The fourth-order valence-electron chi connectivity index (χ4n) is 2.27. The Morgan fingerprint density at radius 1 is 1.40 bits per heavy atom. The van der Waals surface area contributed by atoms with Crippen LogP contribution in [0.1, 0.15) is 37.4 Å². The van der Waals surface area contributed by atoms with Crippen LogP contribution < -0.4 is 5.73 Å². The minimum absolute atomic E-state index is 0.345. The molecular weight excluding hydrogens is 254 g/mol. The molecule has 20 heavy (non-hydrogen) atoms. The van der Waals surface area contributed by atoms with Crippen LogP contribution in [0, 0.1) is 6.92 Å². The molecule has 1 unspecified atom stereocenters. The largest absolute Gasteiger partial charge is 0.397 e. The highest BCUT2D eigenvalue weighted by Crippen LogP contribution is 2.31. The van der Waals surface area contributed by atoms with E-state index in [1.54, 1.807) is 10.8 Å². The van der Waals surface area contributed by atoms with Gasteiger partial charge in [0.05, 0.1) is 11.4 Å². The van der Waals surface area contributed by atoms with Crippen molar-refractivity contribution in [3.8, 4) is 11.5 Å². The molecule has 7 heteroatoms. The summed E-state index contributed by atoms with van der Waals surface area (Å²) in [6, 6.07) is 0. The quantitative estimate of drug-likeness (QED) is 0.758. The van der Waals surface area contributed by atoms with Crippen LogP contribution in [-0.2, 0) is 0 Å². The van der Waals surface area contributed by atoms with Crippen LogP contribution in [0.4, 0.5) is 5.69 Å². The van der Waals surface area contributed by atoms with E-state index in [4.69, 9.17) is 5.73 Å². The molecule has 3 aromatic heterocycles. The van der Waals surface area contributed by atoms with Gasteiger partial charge in [0.15, 0.2) is 0 Å². The first-order valence-corrected chi connectivity index (χ1v) is 6.62. The monoisotopic (exact) mass is 271 g/mol. The van der Waals surface area contributed by atoms with E-state index >= 15 is 0 Å². The highest BCUT2D eigenvalue weighted by molar-refractivity contribution is 5.79. The van der Waals surface area contributed by atoms with Crippen molar-refractivity contribution < 1.29 is 0 Å². The van der Waals surface area contributed by atoms with E-state index < -0.39 is 0 Å². The number of hydrogen-bond acceptors (Lipinski definition) is 5. The smallest absolute Gasteiger partial charge is 0.201 e. The summed E-state index contributed by atoms with van der Waals surface area (Å²) in [4.78, 5) is 8.60.